The molecule has 2 N–H and O–H groups in total. The van der Waals surface area contributed by atoms with Gasteiger partial charge in [0.15, 0.2) is 0 Å². The van der Waals surface area contributed by atoms with Crippen molar-refractivity contribution in [2.45, 2.75) is 44.6 Å². The summed E-state index contributed by atoms with van der Waals surface area (Å²) in [7, 11) is -2.16. The molecule has 1 heterocycles. The van der Waals surface area contributed by atoms with Gasteiger partial charge in [0.25, 0.3) is 0 Å². The van der Waals surface area contributed by atoms with Crippen LogP contribution in [0.4, 0.5) is 8.90 Å². The summed E-state index contributed by atoms with van der Waals surface area (Å²) in [6.07, 6.45) is 4.46. The van der Waals surface area contributed by atoms with Crippen molar-refractivity contribution in [2.24, 2.45) is 0 Å². The third kappa shape index (κ3) is 4.94. The number of aliphatic hydroxyl groups excluding tert-OH is 1. The Kier molecular flexibility index (Phi) is 7.27. The number of nitrogens with zero attached hydrogens (tertiary/aromatic N) is 1. The van der Waals surface area contributed by atoms with Crippen LogP contribution in [0.1, 0.15) is 39.0 Å². The standard InChI is InChI=1S/C12H24FN2O2Si/c1-2-3-4-5-11(18(13)10-16)6-8-15-9-7-14-12(15)17/h11,16H,2-10H2,1H3,(H,14,17). The zero-order valence-corrected chi connectivity index (χ0v) is 12.1. The highest BCUT2D eigenvalue weighted by Crippen LogP contribution is 2.24. The predicted molar refractivity (Wildman–Crippen MR) is 71.4 cm³/mol. The molecule has 1 saturated heterocycles. The molecular weight excluding hydrogens is 251 g/mol. The van der Waals surface area contributed by atoms with Crippen LogP contribution in [0.5, 0.6) is 0 Å². The Bertz CT molecular complexity index is 256. The van der Waals surface area contributed by atoms with Crippen molar-refractivity contribution in [2.75, 3.05) is 25.9 Å². The number of hydrogen-bond acceptors (Lipinski definition) is 2. The summed E-state index contributed by atoms with van der Waals surface area (Å²) in [5.74, 6) is 0. The van der Waals surface area contributed by atoms with Gasteiger partial charge in [0, 0.05) is 19.6 Å². The molecule has 6 heteroatoms. The van der Waals surface area contributed by atoms with Crippen LogP contribution in [-0.4, -0.2) is 51.0 Å². The van der Waals surface area contributed by atoms with E-state index in [1.807, 2.05) is 0 Å². The fourth-order valence-electron chi connectivity index (χ4n) is 2.26. The molecule has 0 saturated carbocycles. The zero-order chi connectivity index (χ0) is 13.4. The van der Waals surface area contributed by atoms with Gasteiger partial charge >= 0.3 is 15.2 Å². The van der Waals surface area contributed by atoms with Crippen molar-refractivity contribution in [1.82, 2.24) is 10.2 Å². The lowest BCUT2D eigenvalue weighted by Crippen LogP contribution is -2.31. The highest BCUT2D eigenvalue weighted by molar-refractivity contribution is 6.52. The summed E-state index contributed by atoms with van der Waals surface area (Å²) >= 11 is 0. The molecule has 18 heavy (non-hydrogen) atoms. The zero-order valence-electron chi connectivity index (χ0n) is 11.1. The molecule has 4 nitrogen and oxygen atoms in total. The number of rotatable bonds is 9. The van der Waals surface area contributed by atoms with E-state index in [4.69, 9.17) is 5.11 Å². The van der Waals surface area contributed by atoms with E-state index in [9.17, 15) is 8.90 Å². The van der Waals surface area contributed by atoms with Gasteiger partial charge in [-0.25, -0.2) is 4.79 Å². The quantitative estimate of drug-likeness (QED) is 0.383. The normalized spacial score (nSPS) is 17.3. The minimum atomic E-state index is -2.16. The Balaban J connectivity index is 2.32. The van der Waals surface area contributed by atoms with Crippen LogP contribution in [0.25, 0.3) is 0 Å². The maximum Gasteiger partial charge on any atom is 0.317 e. The number of carbonyl (C=O) groups excluding carboxylic acids is 1. The fraction of sp³-hybridized carbons (Fsp3) is 0.917. The molecule has 1 rings (SSSR count). The van der Waals surface area contributed by atoms with E-state index in [2.05, 4.69) is 12.2 Å². The first-order valence-corrected chi connectivity index (χ1v) is 8.50. The maximum absolute atomic E-state index is 13.7. The predicted octanol–water partition coefficient (Wildman–Crippen LogP) is 1.84. The number of hydrogen-bond donors (Lipinski definition) is 2. The summed E-state index contributed by atoms with van der Waals surface area (Å²) in [5.41, 5.74) is -0.0278. The molecule has 0 aromatic carbocycles. The Morgan fingerprint density at radius 2 is 2.28 bits per heavy atom. The van der Waals surface area contributed by atoms with E-state index in [-0.39, 0.29) is 17.8 Å². The van der Waals surface area contributed by atoms with Gasteiger partial charge in [0.05, 0.1) is 6.23 Å². The molecular formula is C12H24FN2O2Si. The second-order valence-corrected chi connectivity index (χ2v) is 6.83. The van der Waals surface area contributed by atoms with E-state index in [0.29, 0.717) is 26.1 Å². The van der Waals surface area contributed by atoms with Crippen LogP contribution in [0.3, 0.4) is 0 Å². The molecule has 0 aliphatic carbocycles. The average Bonchev–Trinajstić information content (AvgIpc) is 2.78. The number of urea groups is 1. The second-order valence-electron chi connectivity index (χ2n) is 4.81. The van der Waals surface area contributed by atoms with Crippen molar-refractivity contribution in [3.05, 3.63) is 0 Å². The summed E-state index contributed by atoms with van der Waals surface area (Å²) in [5, 5.41) is 11.7. The van der Waals surface area contributed by atoms with Crippen molar-refractivity contribution < 1.29 is 14.0 Å². The van der Waals surface area contributed by atoms with Crippen LogP contribution >= 0.6 is 0 Å². The topological polar surface area (TPSA) is 52.6 Å². The van der Waals surface area contributed by atoms with E-state index < -0.39 is 9.13 Å². The molecule has 0 aromatic rings. The van der Waals surface area contributed by atoms with Gasteiger partial charge in [-0.2, -0.15) is 0 Å². The lowest BCUT2D eigenvalue weighted by atomic mass is 10.1. The molecule has 105 valence electrons. The van der Waals surface area contributed by atoms with Gasteiger partial charge in [0.1, 0.15) is 0 Å². The Morgan fingerprint density at radius 1 is 1.50 bits per heavy atom. The lowest BCUT2D eigenvalue weighted by molar-refractivity contribution is 0.216. The molecule has 1 aliphatic rings. The first-order chi connectivity index (χ1) is 8.69. The average molecular weight is 275 g/mol. The van der Waals surface area contributed by atoms with E-state index >= 15 is 0 Å². The lowest BCUT2D eigenvalue weighted by Gasteiger charge is -2.21. The van der Waals surface area contributed by atoms with Crippen LogP contribution in [0.2, 0.25) is 5.54 Å². The molecule has 2 amide bonds. The van der Waals surface area contributed by atoms with E-state index in [1.165, 1.54) is 0 Å². The van der Waals surface area contributed by atoms with Gasteiger partial charge in [-0.05, 0) is 12.0 Å². The number of amides is 2. The number of nitrogens with one attached hydrogen (secondary N) is 1. The van der Waals surface area contributed by atoms with Gasteiger partial charge < -0.3 is 19.4 Å². The summed E-state index contributed by atoms with van der Waals surface area (Å²) in [4.78, 5) is 13.1. The smallest absolute Gasteiger partial charge is 0.317 e. The molecule has 0 aromatic heterocycles. The van der Waals surface area contributed by atoms with Crippen molar-refractivity contribution in [3.63, 3.8) is 0 Å². The van der Waals surface area contributed by atoms with Crippen LogP contribution in [0, 0.1) is 0 Å². The Morgan fingerprint density at radius 3 is 2.83 bits per heavy atom. The number of unbranched alkanes of at least 4 members (excludes halogenated alkanes) is 2. The first kappa shape index (κ1) is 15.4. The Labute approximate surface area is 110 Å². The van der Waals surface area contributed by atoms with E-state index in [0.717, 1.165) is 25.7 Å². The molecule has 1 atom stereocenters. The second kappa shape index (κ2) is 8.47. The van der Waals surface area contributed by atoms with Crippen molar-refractivity contribution in [3.8, 4) is 0 Å². The van der Waals surface area contributed by atoms with Crippen LogP contribution in [0.15, 0.2) is 0 Å². The summed E-state index contributed by atoms with van der Waals surface area (Å²) in [6, 6.07) is -0.0427. The highest BCUT2D eigenvalue weighted by atomic mass is 28.3. The number of halogens is 1. The molecule has 1 unspecified atom stereocenters. The minimum Gasteiger partial charge on any atom is -0.397 e. The maximum atomic E-state index is 13.7. The monoisotopic (exact) mass is 275 g/mol. The third-order valence-electron chi connectivity index (χ3n) is 3.44. The van der Waals surface area contributed by atoms with Gasteiger partial charge in [0.2, 0.25) is 0 Å². The molecule has 1 aliphatic heterocycles. The van der Waals surface area contributed by atoms with Crippen LogP contribution in [-0.2, 0) is 0 Å². The SMILES string of the molecule is CCCCCC(CCN1CCNC1=O)[Si](F)CO. The third-order valence-corrected chi connectivity index (χ3v) is 5.21. The van der Waals surface area contributed by atoms with Crippen molar-refractivity contribution in [1.29, 1.82) is 0 Å². The number of aliphatic hydroxyl groups is 1. The first-order valence-electron chi connectivity index (χ1n) is 6.83. The molecule has 1 radical (unpaired) electrons. The Hall–Kier alpha value is -0.623. The molecule has 1 fully saturated rings. The fourth-order valence-corrected chi connectivity index (χ4v) is 3.48. The molecule has 0 bridgehead atoms. The van der Waals surface area contributed by atoms with Gasteiger partial charge in [-0.15, -0.1) is 0 Å². The van der Waals surface area contributed by atoms with Crippen molar-refractivity contribution >= 4 is 15.2 Å². The summed E-state index contributed by atoms with van der Waals surface area (Å²) < 4.78 is 13.7. The van der Waals surface area contributed by atoms with Crippen LogP contribution < -0.4 is 5.32 Å². The minimum absolute atomic E-state index is 0.0278. The highest BCUT2D eigenvalue weighted by Gasteiger charge is 2.26. The van der Waals surface area contributed by atoms with E-state index in [1.54, 1.807) is 4.90 Å². The largest absolute Gasteiger partial charge is 0.397 e. The van der Waals surface area contributed by atoms with Gasteiger partial charge in [-0.1, -0.05) is 32.6 Å². The van der Waals surface area contributed by atoms with Gasteiger partial charge in [-0.3, -0.25) is 0 Å². The number of carbonyl (C=O) groups is 1. The summed E-state index contributed by atoms with van der Waals surface area (Å²) in [6.45, 7) is 4.14. The molecule has 0 spiro atoms.